The predicted molar refractivity (Wildman–Crippen MR) is 154 cm³/mol. The Kier molecular flexibility index (Phi) is 7.19. The Morgan fingerprint density at radius 2 is 2.00 bits per heavy atom. The molecule has 216 valence electrons. The highest BCUT2D eigenvalue weighted by molar-refractivity contribution is 6.09. The van der Waals surface area contributed by atoms with Crippen LogP contribution in [0.15, 0.2) is 42.6 Å². The highest BCUT2D eigenvalue weighted by atomic mass is 19.1. The third-order valence-corrected chi connectivity index (χ3v) is 7.76. The molecule has 2 aliphatic rings. The van der Waals surface area contributed by atoms with Crippen molar-refractivity contribution in [2.75, 3.05) is 23.8 Å². The lowest BCUT2D eigenvalue weighted by Crippen LogP contribution is -2.39. The van der Waals surface area contributed by atoms with Crippen molar-refractivity contribution in [3.8, 4) is 11.4 Å². The fourth-order valence-corrected chi connectivity index (χ4v) is 5.64. The number of hydrogen-bond donors (Lipinski definition) is 2. The summed E-state index contributed by atoms with van der Waals surface area (Å²) in [6, 6.07) is 10.4. The van der Waals surface area contributed by atoms with E-state index in [1.807, 2.05) is 6.07 Å². The van der Waals surface area contributed by atoms with Gasteiger partial charge in [-0.15, -0.1) is 0 Å². The fraction of sp³-hybridized carbons (Fsp3) is 0.323. The molecule has 6 rings (SSSR count). The van der Waals surface area contributed by atoms with E-state index in [9.17, 15) is 14.7 Å². The second kappa shape index (κ2) is 11.0. The smallest absolute Gasteiger partial charge is 0.354 e. The Balaban J connectivity index is 1.32. The van der Waals surface area contributed by atoms with Gasteiger partial charge in [-0.05, 0) is 67.0 Å². The van der Waals surface area contributed by atoms with Gasteiger partial charge < -0.3 is 25.0 Å². The minimum atomic E-state index is -0.507. The van der Waals surface area contributed by atoms with Crippen molar-refractivity contribution in [2.24, 2.45) is 7.05 Å². The molecule has 3 N–H and O–H groups in total. The van der Waals surface area contributed by atoms with Gasteiger partial charge in [-0.25, -0.2) is 14.2 Å². The lowest BCUT2D eigenvalue weighted by atomic mass is 9.93. The minimum Gasteiger partial charge on any atom is -0.461 e. The molecule has 10 nitrogen and oxygen atoms in total. The van der Waals surface area contributed by atoms with E-state index >= 15 is 4.39 Å². The van der Waals surface area contributed by atoms with Crippen LogP contribution >= 0.6 is 0 Å². The van der Waals surface area contributed by atoms with E-state index in [1.54, 1.807) is 49.0 Å². The van der Waals surface area contributed by atoms with E-state index in [-0.39, 0.29) is 30.4 Å². The molecule has 1 saturated carbocycles. The maximum Gasteiger partial charge on any atom is 0.354 e. The van der Waals surface area contributed by atoms with Crippen molar-refractivity contribution in [1.29, 1.82) is 0 Å². The molecular formula is C31H31FN6O4. The number of aliphatic hydroxyl groups is 1. The number of nitrogens with two attached hydrogens (primary N) is 1. The summed E-state index contributed by atoms with van der Waals surface area (Å²) >= 11 is 0. The number of anilines is 2. The zero-order valence-corrected chi connectivity index (χ0v) is 23.4. The molecule has 0 atom stereocenters. The first-order valence-electron chi connectivity index (χ1n) is 14.0. The number of nitrogens with zero attached hydrogens (tertiary/aromatic N) is 5. The second-order valence-corrected chi connectivity index (χ2v) is 10.7. The van der Waals surface area contributed by atoms with E-state index in [1.165, 1.54) is 11.0 Å². The number of halogens is 1. The number of amides is 1. The number of aryl methyl sites for hydroxylation is 1. The Labute approximate surface area is 242 Å². The van der Waals surface area contributed by atoms with Crippen LogP contribution < -0.4 is 10.6 Å². The van der Waals surface area contributed by atoms with Crippen LogP contribution in [0.5, 0.6) is 0 Å². The first kappa shape index (κ1) is 27.5. The van der Waals surface area contributed by atoms with Gasteiger partial charge in [0.05, 0.1) is 24.5 Å². The molecule has 3 heterocycles. The first-order valence-corrected chi connectivity index (χ1v) is 14.0. The largest absolute Gasteiger partial charge is 0.461 e. The van der Waals surface area contributed by atoms with Gasteiger partial charge in [0.1, 0.15) is 17.3 Å². The number of nitrogen functional groups attached to an aromatic ring is 1. The van der Waals surface area contributed by atoms with Crippen LogP contribution in [-0.4, -0.2) is 49.7 Å². The molecule has 0 bridgehead atoms. The number of esters is 1. The maximum atomic E-state index is 15.2. The Hall–Kier alpha value is -4.64. The average Bonchev–Trinajstić information content (AvgIpc) is 3.75. The number of ether oxygens (including phenoxy) is 1. The first-order chi connectivity index (χ1) is 20.3. The van der Waals surface area contributed by atoms with Gasteiger partial charge in [0.25, 0.3) is 5.91 Å². The summed E-state index contributed by atoms with van der Waals surface area (Å²) in [5.74, 6) is -0.408. The molecule has 0 spiro atoms. The number of hydrogen-bond acceptors (Lipinski definition) is 8. The number of aliphatic hydroxyl groups excluding tert-OH is 1. The van der Waals surface area contributed by atoms with Crippen molar-refractivity contribution in [3.05, 3.63) is 87.7 Å². The summed E-state index contributed by atoms with van der Waals surface area (Å²) in [6.45, 7) is 1.95. The number of carbonyl (C=O) groups excluding carboxylic acids is 2. The van der Waals surface area contributed by atoms with Gasteiger partial charge in [-0.1, -0.05) is 18.2 Å². The van der Waals surface area contributed by atoms with Gasteiger partial charge in [-0.2, -0.15) is 9.97 Å². The molecule has 1 amide bonds. The molecular weight excluding hydrogens is 539 g/mol. The van der Waals surface area contributed by atoms with Crippen molar-refractivity contribution >= 4 is 23.5 Å². The molecule has 1 aliphatic carbocycles. The number of rotatable bonds is 8. The summed E-state index contributed by atoms with van der Waals surface area (Å²) in [7, 11) is 1.75. The molecule has 0 unspecified atom stereocenters. The molecule has 0 saturated heterocycles. The molecule has 42 heavy (non-hydrogen) atoms. The summed E-state index contributed by atoms with van der Waals surface area (Å²) in [4.78, 5) is 40.5. The molecule has 2 aromatic carbocycles. The van der Waals surface area contributed by atoms with E-state index in [0.717, 1.165) is 29.5 Å². The molecule has 1 fully saturated rings. The summed E-state index contributed by atoms with van der Waals surface area (Å²) < 4.78 is 22.0. The minimum absolute atomic E-state index is 0.0117. The fourth-order valence-electron chi connectivity index (χ4n) is 5.64. The number of carbonyl (C=O) groups is 2. The van der Waals surface area contributed by atoms with Gasteiger partial charge in [0.2, 0.25) is 5.95 Å². The monoisotopic (exact) mass is 570 g/mol. The summed E-state index contributed by atoms with van der Waals surface area (Å²) in [5, 5.41) is 10.5. The highest BCUT2D eigenvalue weighted by Crippen LogP contribution is 2.42. The van der Waals surface area contributed by atoms with Crippen LogP contribution in [0.2, 0.25) is 0 Å². The van der Waals surface area contributed by atoms with Crippen LogP contribution in [0.3, 0.4) is 0 Å². The van der Waals surface area contributed by atoms with Crippen LogP contribution in [-0.2, 0) is 31.2 Å². The number of fused-ring (bicyclic) bond motifs is 1. The third-order valence-electron chi connectivity index (χ3n) is 7.76. The Bertz CT molecular complexity index is 1710. The Morgan fingerprint density at radius 1 is 1.19 bits per heavy atom. The standard InChI is InChI=1S/C31H31FN6O4/c1-3-42-30(41)25-11-17(15-37(25)2)12-26-34-28(36-31(33)35-26)21-5-4-6-24(22(21)16-39)38-10-9-19-13-20(18-7-8-18)14-23(32)27(19)29(38)40/h4-6,11,13-15,18,39H,3,7-10,12,16H2,1-2H3,(H2,33,34,35,36). The summed E-state index contributed by atoms with van der Waals surface area (Å²) in [6.07, 6.45) is 4.66. The van der Waals surface area contributed by atoms with Crippen molar-refractivity contribution < 1.29 is 23.8 Å². The van der Waals surface area contributed by atoms with E-state index in [4.69, 9.17) is 10.5 Å². The molecule has 2 aromatic heterocycles. The van der Waals surface area contributed by atoms with Crippen LogP contribution in [0.4, 0.5) is 16.0 Å². The lowest BCUT2D eigenvalue weighted by Gasteiger charge is -2.31. The lowest BCUT2D eigenvalue weighted by molar-refractivity contribution is 0.0515. The van der Waals surface area contributed by atoms with E-state index in [2.05, 4.69) is 15.0 Å². The quantitative estimate of drug-likeness (QED) is 0.304. The van der Waals surface area contributed by atoms with Crippen LogP contribution in [0.25, 0.3) is 11.4 Å². The third kappa shape index (κ3) is 5.11. The van der Waals surface area contributed by atoms with Gasteiger partial charge >= 0.3 is 5.97 Å². The van der Waals surface area contributed by atoms with E-state index in [0.29, 0.717) is 47.2 Å². The molecule has 1 aliphatic heterocycles. The maximum absolute atomic E-state index is 15.2. The molecule has 4 aromatic rings. The van der Waals surface area contributed by atoms with Crippen molar-refractivity contribution in [2.45, 2.75) is 45.1 Å². The average molecular weight is 571 g/mol. The Morgan fingerprint density at radius 3 is 2.74 bits per heavy atom. The summed E-state index contributed by atoms with van der Waals surface area (Å²) in [5.41, 5.74) is 10.4. The van der Waals surface area contributed by atoms with Gasteiger partial charge in [0.15, 0.2) is 5.82 Å². The zero-order valence-electron chi connectivity index (χ0n) is 23.4. The number of benzene rings is 2. The molecule has 0 radical (unpaired) electrons. The predicted octanol–water partition coefficient (Wildman–Crippen LogP) is 3.94. The van der Waals surface area contributed by atoms with Gasteiger partial charge in [0, 0.05) is 37.3 Å². The highest BCUT2D eigenvalue weighted by Gasteiger charge is 2.33. The van der Waals surface area contributed by atoms with Crippen LogP contribution in [0.1, 0.15) is 74.6 Å². The normalized spacial score (nSPS) is 14.7. The number of aromatic nitrogens is 4. The second-order valence-electron chi connectivity index (χ2n) is 10.7. The molecule has 11 heteroatoms. The SMILES string of the molecule is CCOC(=O)c1cc(Cc2nc(N)nc(-c3cccc(N4CCc5cc(C6CC6)cc(F)c5C4=O)c3CO)n2)cn1C. The van der Waals surface area contributed by atoms with Crippen molar-refractivity contribution in [1.82, 2.24) is 19.5 Å². The van der Waals surface area contributed by atoms with Crippen molar-refractivity contribution in [3.63, 3.8) is 0 Å². The van der Waals surface area contributed by atoms with E-state index < -0.39 is 24.3 Å². The van der Waals surface area contributed by atoms with Gasteiger partial charge in [-0.3, -0.25) is 4.79 Å². The zero-order chi connectivity index (χ0) is 29.5. The topological polar surface area (TPSA) is 136 Å². The van der Waals surface area contributed by atoms with Crippen LogP contribution in [0, 0.1) is 5.82 Å².